The molecule has 0 bridgehead atoms. The summed E-state index contributed by atoms with van der Waals surface area (Å²) >= 11 is 3.49. The zero-order chi connectivity index (χ0) is 9.80. The van der Waals surface area contributed by atoms with E-state index >= 15 is 0 Å². The van der Waals surface area contributed by atoms with Gasteiger partial charge < -0.3 is 0 Å². The third-order valence-electron chi connectivity index (χ3n) is 1.87. The molecule has 2 heteroatoms. The number of thiophene rings is 2. The molecule has 0 unspecified atom stereocenters. The van der Waals surface area contributed by atoms with Crippen LogP contribution in [-0.4, -0.2) is 0 Å². The Morgan fingerprint density at radius 1 is 1.14 bits per heavy atom. The van der Waals surface area contributed by atoms with Gasteiger partial charge >= 0.3 is 0 Å². The van der Waals surface area contributed by atoms with Crippen LogP contribution in [0.2, 0.25) is 0 Å². The Morgan fingerprint density at radius 2 is 1.93 bits per heavy atom. The first kappa shape index (κ1) is 9.44. The van der Waals surface area contributed by atoms with Gasteiger partial charge in [0.1, 0.15) is 0 Å². The van der Waals surface area contributed by atoms with Crippen molar-refractivity contribution in [1.82, 2.24) is 0 Å². The van der Waals surface area contributed by atoms with E-state index in [1.54, 1.807) is 22.7 Å². The fourth-order valence-corrected chi connectivity index (χ4v) is 2.61. The summed E-state index contributed by atoms with van der Waals surface area (Å²) in [5.41, 5.74) is 1.20. The first-order chi connectivity index (χ1) is 6.90. The van der Waals surface area contributed by atoms with Crippen LogP contribution in [0.25, 0.3) is 11.6 Å². The van der Waals surface area contributed by atoms with Crippen LogP contribution in [0.5, 0.6) is 0 Å². The third-order valence-corrected chi connectivity index (χ3v) is 3.60. The monoisotopic (exact) mass is 218 g/mol. The summed E-state index contributed by atoms with van der Waals surface area (Å²) in [4.78, 5) is 2.54. The van der Waals surface area contributed by atoms with E-state index in [9.17, 15) is 0 Å². The minimum Gasteiger partial charge on any atom is -0.144 e. The molecule has 0 atom stereocenters. The topological polar surface area (TPSA) is 0 Å². The van der Waals surface area contributed by atoms with E-state index < -0.39 is 0 Å². The highest BCUT2D eigenvalue weighted by Crippen LogP contribution is 2.24. The van der Waals surface area contributed by atoms with E-state index in [2.05, 4.69) is 47.7 Å². The fourth-order valence-electron chi connectivity index (χ4n) is 1.20. The molecule has 2 aromatic heterocycles. The van der Waals surface area contributed by atoms with Crippen LogP contribution in [0.1, 0.15) is 9.75 Å². The molecule has 0 amide bonds. The lowest BCUT2D eigenvalue weighted by Gasteiger charge is -1.95. The molecule has 0 saturated heterocycles. The van der Waals surface area contributed by atoms with Gasteiger partial charge in [0.25, 0.3) is 0 Å². The summed E-state index contributed by atoms with van der Waals surface area (Å²) in [6.45, 7) is 3.84. The van der Waals surface area contributed by atoms with Crippen LogP contribution in [0.4, 0.5) is 0 Å². The summed E-state index contributed by atoms with van der Waals surface area (Å²) in [7, 11) is 0. The van der Waals surface area contributed by atoms with E-state index in [0.29, 0.717) is 0 Å². The van der Waals surface area contributed by atoms with Crippen molar-refractivity contribution in [3.63, 3.8) is 0 Å². The SMILES string of the molecule is C=C/C(=C/c1cccs1)c1cccs1. The van der Waals surface area contributed by atoms with Crippen LogP contribution in [0.3, 0.4) is 0 Å². The molecule has 0 aliphatic carbocycles. The first-order valence-corrected chi connectivity index (χ1v) is 6.07. The Hall–Kier alpha value is -1.12. The second-order valence-corrected chi connectivity index (χ2v) is 4.72. The molecule has 0 aliphatic rings. The molecule has 2 rings (SSSR count). The van der Waals surface area contributed by atoms with Crippen molar-refractivity contribution in [2.24, 2.45) is 0 Å². The van der Waals surface area contributed by atoms with E-state index in [4.69, 9.17) is 0 Å². The summed E-state index contributed by atoms with van der Waals surface area (Å²) in [6.07, 6.45) is 4.08. The predicted octanol–water partition coefficient (Wildman–Crippen LogP) is 4.54. The average Bonchev–Trinajstić information content (AvgIpc) is 2.86. The van der Waals surface area contributed by atoms with E-state index in [1.165, 1.54) is 15.3 Å². The number of rotatable bonds is 3. The van der Waals surface area contributed by atoms with Crippen LogP contribution >= 0.6 is 22.7 Å². The number of hydrogen-bond donors (Lipinski definition) is 0. The zero-order valence-electron chi connectivity index (χ0n) is 7.64. The molecule has 14 heavy (non-hydrogen) atoms. The van der Waals surface area contributed by atoms with Crippen molar-refractivity contribution < 1.29 is 0 Å². The first-order valence-electron chi connectivity index (χ1n) is 4.31. The van der Waals surface area contributed by atoms with Crippen LogP contribution in [-0.2, 0) is 0 Å². The molecule has 0 aliphatic heterocycles. The van der Waals surface area contributed by atoms with Crippen molar-refractivity contribution in [1.29, 1.82) is 0 Å². The summed E-state index contributed by atoms with van der Waals surface area (Å²) in [5, 5.41) is 4.17. The molecule has 70 valence electrons. The van der Waals surface area contributed by atoms with Crippen LogP contribution in [0.15, 0.2) is 47.7 Å². The predicted molar refractivity (Wildman–Crippen MR) is 66.7 cm³/mol. The summed E-state index contributed by atoms with van der Waals surface area (Å²) in [6, 6.07) is 8.35. The maximum Gasteiger partial charge on any atom is 0.0342 e. The normalized spacial score (nSPS) is 11.6. The molecule has 0 aromatic carbocycles. The molecule has 2 heterocycles. The molecule has 0 nitrogen and oxygen atoms in total. The van der Waals surface area contributed by atoms with Crippen LogP contribution in [0, 0.1) is 0 Å². The highest BCUT2D eigenvalue weighted by Gasteiger charge is 1.98. The molecule has 0 saturated carbocycles. The molecular weight excluding hydrogens is 208 g/mol. The third kappa shape index (κ3) is 2.03. The summed E-state index contributed by atoms with van der Waals surface area (Å²) in [5.74, 6) is 0. The minimum atomic E-state index is 1.20. The van der Waals surface area contributed by atoms with Gasteiger partial charge in [-0.15, -0.1) is 22.7 Å². The Balaban J connectivity index is 2.35. The standard InChI is InChI=1S/C12H10S2/c1-2-10(12-6-4-8-14-12)9-11-5-3-7-13-11/h2-9H,1H2/b10-9-. The lowest BCUT2D eigenvalue weighted by atomic mass is 10.2. The van der Waals surface area contributed by atoms with Gasteiger partial charge in [0, 0.05) is 9.75 Å². The Labute approximate surface area is 91.8 Å². The van der Waals surface area contributed by atoms with Gasteiger partial charge in [0.05, 0.1) is 0 Å². The van der Waals surface area contributed by atoms with Gasteiger partial charge in [-0.25, -0.2) is 0 Å². The molecule has 0 fully saturated rings. The van der Waals surface area contributed by atoms with Crippen molar-refractivity contribution in [2.45, 2.75) is 0 Å². The lowest BCUT2D eigenvalue weighted by Crippen LogP contribution is -1.71. The molecule has 2 aromatic rings. The summed E-state index contributed by atoms with van der Waals surface area (Å²) < 4.78 is 0. The van der Waals surface area contributed by atoms with Gasteiger partial charge in [-0.1, -0.05) is 24.8 Å². The highest BCUT2D eigenvalue weighted by molar-refractivity contribution is 7.12. The molecular formula is C12H10S2. The van der Waals surface area contributed by atoms with E-state index in [-0.39, 0.29) is 0 Å². The van der Waals surface area contributed by atoms with Crippen molar-refractivity contribution >= 4 is 34.3 Å². The Kier molecular flexibility index (Phi) is 2.96. The minimum absolute atomic E-state index is 1.20. The number of allylic oxidation sites excluding steroid dienone is 2. The fraction of sp³-hybridized carbons (Fsp3) is 0. The smallest absolute Gasteiger partial charge is 0.0342 e. The Bertz CT molecular complexity index is 419. The van der Waals surface area contributed by atoms with E-state index in [1.807, 2.05) is 6.08 Å². The molecule has 0 spiro atoms. The van der Waals surface area contributed by atoms with Crippen molar-refractivity contribution in [3.8, 4) is 0 Å². The maximum absolute atomic E-state index is 3.84. The van der Waals surface area contributed by atoms with Crippen molar-refractivity contribution in [3.05, 3.63) is 57.4 Å². The average molecular weight is 218 g/mol. The zero-order valence-corrected chi connectivity index (χ0v) is 9.28. The maximum atomic E-state index is 3.84. The second kappa shape index (κ2) is 4.40. The van der Waals surface area contributed by atoms with Crippen LogP contribution < -0.4 is 0 Å². The van der Waals surface area contributed by atoms with Gasteiger partial charge in [-0.05, 0) is 34.5 Å². The molecule has 0 radical (unpaired) electrons. The Morgan fingerprint density at radius 3 is 2.50 bits per heavy atom. The number of hydrogen-bond acceptors (Lipinski definition) is 2. The van der Waals surface area contributed by atoms with Gasteiger partial charge in [0.2, 0.25) is 0 Å². The largest absolute Gasteiger partial charge is 0.144 e. The highest BCUT2D eigenvalue weighted by atomic mass is 32.1. The van der Waals surface area contributed by atoms with Gasteiger partial charge in [-0.3, -0.25) is 0 Å². The second-order valence-electron chi connectivity index (χ2n) is 2.80. The van der Waals surface area contributed by atoms with Gasteiger partial charge in [0.15, 0.2) is 0 Å². The lowest BCUT2D eigenvalue weighted by molar-refractivity contribution is 1.87. The van der Waals surface area contributed by atoms with Crippen molar-refractivity contribution in [2.75, 3.05) is 0 Å². The van der Waals surface area contributed by atoms with Gasteiger partial charge in [-0.2, -0.15) is 0 Å². The van der Waals surface area contributed by atoms with E-state index in [0.717, 1.165) is 0 Å². The quantitative estimate of drug-likeness (QED) is 0.664. The molecule has 0 N–H and O–H groups in total.